The molecular formula is C21H30N2O3S. The van der Waals surface area contributed by atoms with E-state index in [9.17, 15) is 13.2 Å². The van der Waals surface area contributed by atoms with Crippen LogP contribution in [0, 0.1) is 0 Å². The summed E-state index contributed by atoms with van der Waals surface area (Å²) in [5.41, 5.74) is 0.909. The number of nitrogens with zero attached hydrogens (tertiary/aromatic N) is 2. The smallest absolute Gasteiger partial charge is 0.223 e. The molecule has 0 aliphatic carbocycles. The molecule has 2 aromatic carbocycles. The van der Waals surface area contributed by atoms with Crippen LogP contribution < -0.4 is 0 Å². The number of sulfonamides is 1. The van der Waals surface area contributed by atoms with Gasteiger partial charge in [-0.25, -0.2) is 12.7 Å². The van der Waals surface area contributed by atoms with Crippen molar-refractivity contribution in [3.8, 4) is 0 Å². The zero-order valence-electron chi connectivity index (χ0n) is 16.8. The van der Waals surface area contributed by atoms with Crippen LogP contribution in [0.2, 0.25) is 0 Å². The van der Waals surface area contributed by atoms with Gasteiger partial charge in [-0.1, -0.05) is 42.5 Å². The minimum Gasteiger partial charge on any atom is -0.343 e. The Morgan fingerprint density at radius 3 is 2.19 bits per heavy atom. The van der Waals surface area contributed by atoms with Crippen LogP contribution in [0.5, 0.6) is 0 Å². The van der Waals surface area contributed by atoms with Gasteiger partial charge >= 0.3 is 0 Å². The quantitative estimate of drug-likeness (QED) is 0.694. The lowest BCUT2D eigenvalue weighted by Crippen LogP contribution is -2.39. The van der Waals surface area contributed by atoms with Crippen molar-refractivity contribution in [3.63, 3.8) is 0 Å². The van der Waals surface area contributed by atoms with Crippen LogP contribution in [0.3, 0.4) is 0 Å². The first-order chi connectivity index (χ1) is 12.7. The van der Waals surface area contributed by atoms with E-state index in [1.54, 1.807) is 11.8 Å². The molecule has 0 aliphatic heterocycles. The average Bonchev–Trinajstić information content (AvgIpc) is 2.66. The molecule has 0 heterocycles. The molecule has 1 amide bonds. The van der Waals surface area contributed by atoms with Gasteiger partial charge in [-0.15, -0.1) is 0 Å². The van der Waals surface area contributed by atoms with E-state index in [0.29, 0.717) is 13.1 Å². The van der Waals surface area contributed by atoms with E-state index >= 15 is 0 Å². The van der Waals surface area contributed by atoms with Crippen LogP contribution in [0.1, 0.15) is 38.7 Å². The van der Waals surface area contributed by atoms with Gasteiger partial charge in [0, 0.05) is 39.5 Å². The lowest BCUT2D eigenvalue weighted by molar-refractivity contribution is -0.131. The Balaban J connectivity index is 2.57. The molecule has 0 N–H and O–H groups in total. The molecule has 27 heavy (non-hydrogen) atoms. The first-order valence-corrected chi connectivity index (χ1v) is 10.9. The first kappa shape index (κ1) is 21.4. The highest BCUT2D eigenvalue weighted by molar-refractivity contribution is 7.89. The van der Waals surface area contributed by atoms with Crippen LogP contribution in [0.4, 0.5) is 0 Å². The maximum atomic E-state index is 12.9. The number of hydrogen-bond donors (Lipinski definition) is 0. The molecule has 2 rings (SSSR count). The van der Waals surface area contributed by atoms with Crippen LogP contribution in [-0.2, 0) is 14.8 Å². The van der Waals surface area contributed by atoms with Crippen LogP contribution in [0.25, 0.3) is 10.8 Å². The van der Waals surface area contributed by atoms with Crippen molar-refractivity contribution >= 4 is 26.7 Å². The molecule has 148 valence electrons. The number of carbonyl (C=O) groups excluding carboxylic acids is 1. The van der Waals surface area contributed by atoms with E-state index in [2.05, 4.69) is 0 Å². The molecule has 2 aromatic rings. The number of benzene rings is 2. The highest BCUT2D eigenvalue weighted by Gasteiger charge is 2.35. The predicted molar refractivity (Wildman–Crippen MR) is 111 cm³/mol. The summed E-state index contributed by atoms with van der Waals surface area (Å²) in [6.07, 6.45) is 0.171. The third-order valence-electron chi connectivity index (χ3n) is 5.28. The summed E-state index contributed by atoms with van der Waals surface area (Å²) >= 11 is 0. The second-order valence-electron chi connectivity index (χ2n) is 6.98. The van der Waals surface area contributed by atoms with E-state index in [1.807, 2.05) is 56.3 Å². The van der Waals surface area contributed by atoms with Gasteiger partial charge < -0.3 is 4.90 Å². The van der Waals surface area contributed by atoms with Crippen molar-refractivity contribution in [2.45, 2.75) is 38.4 Å². The van der Waals surface area contributed by atoms with Gasteiger partial charge in [-0.3, -0.25) is 4.79 Å². The van der Waals surface area contributed by atoms with Gasteiger partial charge in [0.15, 0.2) is 0 Å². The molecule has 0 bridgehead atoms. The normalized spacial score (nSPS) is 14.3. The summed E-state index contributed by atoms with van der Waals surface area (Å²) in [4.78, 5) is 14.6. The summed E-state index contributed by atoms with van der Waals surface area (Å²) in [6, 6.07) is 13.8. The Kier molecular flexibility index (Phi) is 7.00. The molecule has 5 nitrogen and oxygen atoms in total. The fourth-order valence-corrected chi connectivity index (χ4v) is 4.86. The van der Waals surface area contributed by atoms with Gasteiger partial charge in [0.05, 0.1) is 5.25 Å². The predicted octanol–water partition coefficient (Wildman–Crippen LogP) is 3.46. The van der Waals surface area contributed by atoms with Gasteiger partial charge in [0.1, 0.15) is 0 Å². The Morgan fingerprint density at radius 1 is 1.00 bits per heavy atom. The minimum absolute atomic E-state index is 0.0151. The summed E-state index contributed by atoms with van der Waals surface area (Å²) < 4.78 is 27.0. The highest BCUT2D eigenvalue weighted by Crippen LogP contribution is 2.34. The Hall–Kier alpha value is -1.92. The lowest BCUT2D eigenvalue weighted by atomic mass is 9.88. The number of carbonyl (C=O) groups is 1. The van der Waals surface area contributed by atoms with Crippen molar-refractivity contribution in [2.75, 3.05) is 27.2 Å². The van der Waals surface area contributed by atoms with Crippen molar-refractivity contribution in [2.24, 2.45) is 0 Å². The van der Waals surface area contributed by atoms with Crippen LogP contribution in [0.15, 0.2) is 42.5 Å². The Bertz CT molecular complexity index is 884. The number of hydrogen-bond acceptors (Lipinski definition) is 3. The third-order valence-corrected chi connectivity index (χ3v) is 7.57. The summed E-state index contributed by atoms with van der Waals surface area (Å²) in [5, 5.41) is 1.33. The molecule has 0 fully saturated rings. The molecule has 2 atom stereocenters. The summed E-state index contributed by atoms with van der Waals surface area (Å²) in [7, 11) is -0.435. The van der Waals surface area contributed by atoms with Gasteiger partial charge in [0.25, 0.3) is 0 Å². The zero-order chi connectivity index (χ0) is 20.2. The number of rotatable bonds is 8. The third kappa shape index (κ3) is 4.50. The highest BCUT2D eigenvalue weighted by atomic mass is 32.2. The van der Waals surface area contributed by atoms with E-state index in [0.717, 1.165) is 16.3 Å². The fraction of sp³-hybridized carbons (Fsp3) is 0.476. The van der Waals surface area contributed by atoms with Gasteiger partial charge in [-0.2, -0.15) is 0 Å². The van der Waals surface area contributed by atoms with E-state index in [-0.39, 0.29) is 12.3 Å². The summed E-state index contributed by atoms with van der Waals surface area (Å²) in [5.74, 6) is -0.435. The fourth-order valence-electron chi connectivity index (χ4n) is 3.54. The molecule has 6 heteroatoms. The molecule has 0 aliphatic rings. The van der Waals surface area contributed by atoms with Gasteiger partial charge in [-0.05, 0) is 37.1 Å². The number of amides is 1. The molecule has 0 spiro atoms. The average molecular weight is 391 g/mol. The van der Waals surface area contributed by atoms with Crippen LogP contribution >= 0.6 is 0 Å². The largest absolute Gasteiger partial charge is 0.343 e. The minimum atomic E-state index is -3.52. The van der Waals surface area contributed by atoms with Crippen molar-refractivity contribution in [1.82, 2.24) is 9.21 Å². The molecule has 0 radical (unpaired) electrons. The van der Waals surface area contributed by atoms with Crippen molar-refractivity contribution < 1.29 is 13.2 Å². The second kappa shape index (κ2) is 8.85. The monoisotopic (exact) mass is 390 g/mol. The lowest BCUT2D eigenvalue weighted by Gasteiger charge is -2.29. The Labute approximate surface area is 163 Å². The first-order valence-electron chi connectivity index (χ1n) is 9.40. The molecular weight excluding hydrogens is 360 g/mol. The van der Waals surface area contributed by atoms with Crippen LogP contribution in [-0.4, -0.2) is 56.0 Å². The van der Waals surface area contributed by atoms with E-state index in [1.165, 1.54) is 18.4 Å². The molecule has 0 aromatic heterocycles. The van der Waals surface area contributed by atoms with Crippen molar-refractivity contribution in [1.29, 1.82) is 0 Å². The van der Waals surface area contributed by atoms with Gasteiger partial charge in [0.2, 0.25) is 15.9 Å². The maximum absolute atomic E-state index is 12.9. The molecule has 0 saturated carbocycles. The SMILES string of the molecule is CCN(CC)C(=O)C[C@H](c1cccc2ccccc12)[C@H](C)S(=O)(=O)N(C)C. The maximum Gasteiger partial charge on any atom is 0.223 e. The van der Waals surface area contributed by atoms with Crippen molar-refractivity contribution in [3.05, 3.63) is 48.0 Å². The number of fused-ring (bicyclic) bond motifs is 1. The standard InChI is InChI=1S/C21H30N2O3S/c1-6-23(7-2)21(24)15-20(16(3)27(25,26)22(4)5)19-14-10-12-17-11-8-9-13-18(17)19/h8-14,16,20H,6-7,15H2,1-5H3/t16-,20-/m0/s1. The summed E-state index contributed by atoms with van der Waals surface area (Å²) in [6.45, 7) is 6.82. The molecule has 0 saturated heterocycles. The molecule has 0 unspecified atom stereocenters. The van der Waals surface area contributed by atoms with E-state index < -0.39 is 21.2 Å². The topological polar surface area (TPSA) is 57.7 Å². The second-order valence-corrected chi connectivity index (χ2v) is 9.48. The Morgan fingerprint density at radius 2 is 1.59 bits per heavy atom. The van der Waals surface area contributed by atoms with E-state index in [4.69, 9.17) is 0 Å². The zero-order valence-corrected chi connectivity index (χ0v) is 17.7.